The monoisotopic (exact) mass is 482 g/mol. The minimum Gasteiger partial charge on any atom is -0.497 e. The zero-order valence-electron chi connectivity index (χ0n) is 17.4. The number of piperazine rings is 1. The molecule has 1 aliphatic heterocycles. The Labute approximate surface area is 188 Å². The first-order chi connectivity index (χ1) is 15.1. The van der Waals surface area contributed by atoms with Gasteiger partial charge in [-0.1, -0.05) is 5.16 Å². The highest BCUT2D eigenvalue weighted by atomic mass is 79.9. The fourth-order valence-corrected chi connectivity index (χ4v) is 4.52. The Morgan fingerprint density at radius 1 is 1.16 bits per heavy atom. The van der Waals surface area contributed by atoms with Crippen LogP contribution in [-0.4, -0.2) is 58.3 Å². The van der Waals surface area contributed by atoms with Gasteiger partial charge in [-0.2, -0.15) is 0 Å². The van der Waals surface area contributed by atoms with E-state index in [2.05, 4.69) is 40.9 Å². The number of methoxy groups -OCH3 is 1. The van der Waals surface area contributed by atoms with Crippen LogP contribution in [0.3, 0.4) is 0 Å². The lowest BCUT2D eigenvalue weighted by Gasteiger charge is -2.36. The van der Waals surface area contributed by atoms with Crippen LogP contribution in [0.4, 0.5) is 5.69 Å². The number of pyridine rings is 1. The quantitative estimate of drug-likeness (QED) is 0.459. The van der Waals surface area contributed by atoms with Gasteiger partial charge in [0.1, 0.15) is 22.9 Å². The van der Waals surface area contributed by atoms with E-state index in [1.165, 1.54) is 0 Å². The first-order valence-electron chi connectivity index (χ1n) is 10.2. The molecule has 0 radical (unpaired) electrons. The molecule has 0 saturated carbocycles. The Morgan fingerprint density at radius 2 is 1.94 bits per heavy atom. The van der Waals surface area contributed by atoms with Gasteiger partial charge >= 0.3 is 0 Å². The molecule has 1 aliphatic rings. The van der Waals surface area contributed by atoms with E-state index in [0.717, 1.165) is 77.0 Å². The Hall–Kier alpha value is -2.91. The molecule has 0 amide bonds. The molecule has 8 nitrogen and oxygen atoms in total. The van der Waals surface area contributed by atoms with Crippen LogP contribution in [0.5, 0.6) is 5.75 Å². The molecule has 0 atom stereocenters. The number of aromatic amines is 1. The minimum atomic E-state index is 0.713. The van der Waals surface area contributed by atoms with Crippen LogP contribution in [0.2, 0.25) is 0 Å². The van der Waals surface area contributed by atoms with Gasteiger partial charge in [0.05, 0.1) is 23.0 Å². The Kier molecular flexibility index (Phi) is 5.37. The van der Waals surface area contributed by atoms with Gasteiger partial charge in [-0.25, -0.2) is 9.97 Å². The predicted octanol–water partition coefficient (Wildman–Crippen LogP) is 4.01. The molecule has 0 spiro atoms. The van der Waals surface area contributed by atoms with Crippen molar-refractivity contribution in [2.24, 2.45) is 0 Å². The lowest BCUT2D eigenvalue weighted by molar-refractivity contribution is 0.242. The standard InChI is InChI=1S/C22H23BrN6O2/c1-14-11-16(27-31-14)13-28-7-9-29(10-8-28)20-18(23)12-24-22-19(20)25-21(26-22)15-3-5-17(30-2)6-4-15/h3-6,11-12H,7-10,13H2,1-2H3,(H,24,25,26). The van der Waals surface area contributed by atoms with Crippen LogP contribution in [-0.2, 0) is 6.54 Å². The third-order valence-electron chi connectivity index (χ3n) is 5.56. The number of imidazole rings is 1. The van der Waals surface area contributed by atoms with Gasteiger partial charge in [0, 0.05) is 50.6 Å². The van der Waals surface area contributed by atoms with Crippen LogP contribution in [0, 0.1) is 6.92 Å². The number of aromatic nitrogens is 4. The molecule has 9 heteroatoms. The average molecular weight is 483 g/mol. The molecule has 4 heterocycles. The summed E-state index contributed by atoms with van der Waals surface area (Å²) in [7, 11) is 1.66. The smallest absolute Gasteiger partial charge is 0.180 e. The average Bonchev–Trinajstić information content (AvgIpc) is 3.40. The highest BCUT2D eigenvalue weighted by Gasteiger charge is 2.23. The summed E-state index contributed by atoms with van der Waals surface area (Å²) in [5.41, 5.74) is 4.74. The lowest BCUT2D eigenvalue weighted by atomic mass is 10.2. The summed E-state index contributed by atoms with van der Waals surface area (Å²) in [4.78, 5) is 17.5. The van der Waals surface area contributed by atoms with Crippen LogP contribution in [0.15, 0.2) is 45.5 Å². The van der Waals surface area contributed by atoms with Gasteiger partial charge in [-0.05, 0) is 47.1 Å². The van der Waals surface area contributed by atoms with E-state index in [9.17, 15) is 0 Å². The Bertz CT molecular complexity index is 1190. The number of nitrogens with zero attached hydrogens (tertiary/aromatic N) is 5. The number of hydrogen-bond acceptors (Lipinski definition) is 7. The maximum absolute atomic E-state index is 5.26. The van der Waals surface area contributed by atoms with E-state index in [1.54, 1.807) is 7.11 Å². The van der Waals surface area contributed by atoms with Gasteiger partial charge in [0.15, 0.2) is 5.65 Å². The highest BCUT2D eigenvalue weighted by molar-refractivity contribution is 9.10. The molecular formula is C22H23BrN6O2. The topological polar surface area (TPSA) is 83.3 Å². The molecule has 1 saturated heterocycles. The molecule has 160 valence electrons. The van der Waals surface area contributed by atoms with Crippen molar-refractivity contribution in [3.63, 3.8) is 0 Å². The van der Waals surface area contributed by atoms with E-state index in [-0.39, 0.29) is 0 Å². The van der Waals surface area contributed by atoms with Gasteiger partial charge in [-0.3, -0.25) is 4.90 Å². The zero-order chi connectivity index (χ0) is 21.4. The molecular weight excluding hydrogens is 460 g/mol. The summed E-state index contributed by atoms with van der Waals surface area (Å²) >= 11 is 3.70. The normalized spacial score (nSPS) is 15.0. The second kappa shape index (κ2) is 8.32. The van der Waals surface area contributed by atoms with E-state index in [4.69, 9.17) is 14.2 Å². The van der Waals surface area contributed by atoms with Gasteiger partial charge in [-0.15, -0.1) is 0 Å². The van der Waals surface area contributed by atoms with E-state index < -0.39 is 0 Å². The predicted molar refractivity (Wildman–Crippen MR) is 122 cm³/mol. The highest BCUT2D eigenvalue weighted by Crippen LogP contribution is 2.34. The number of nitrogens with one attached hydrogen (secondary N) is 1. The molecule has 1 aromatic carbocycles. The first kappa shape index (κ1) is 20.0. The van der Waals surface area contributed by atoms with Gasteiger partial charge in [0.25, 0.3) is 0 Å². The number of benzene rings is 1. The molecule has 1 fully saturated rings. The number of H-pyrrole nitrogens is 1. The number of fused-ring (bicyclic) bond motifs is 1. The second-order valence-corrected chi connectivity index (χ2v) is 8.51. The van der Waals surface area contributed by atoms with Gasteiger partial charge < -0.3 is 19.1 Å². The molecule has 0 unspecified atom stereocenters. The van der Waals surface area contributed by atoms with E-state index in [1.807, 2.05) is 43.5 Å². The maximum Gasteiger partial charge on any atom is 0.180 e. The number of ether oxygens (including phenoxy) is 1. The number of hydrogen-bond donors (Lipinski definition) is 1. The summed E-state index contributed by atoms with van der Waals surface area (Å²) < 4.78 is 11.4. The largest absolute Gasteiger partial charge is 0.497 e. The Balaban J connectivity index is 1.38. The van der Waals surface area contributed by atoms with Crippen molar-refractivity contribution in [1.29, 1.82) is 0 Å². The molecule has 31 heavy (non-hydrogen) atoms. The van der Waals surface area contributed by atoms with Crippen LogP contribution < -0.4 is 9.64 Å². The maximum atomic E-state index is 5.26. The van der Waals surface area contributed by atoms with Crippen LogP contribution in [0.25, 0.3) is 22.6 Å². The minimum absolute atomic E-state index is 0.713. The number of rotatable bonds is 5. The summed E-state index contributed by atoms with van der Waals surface area (Å²) in [6.45, 7) is 6.44. The van der Waals surface area contributed by atoms with Crippen molar-refractivity contribution in [1.82, 2.24) is 25.0 Å². The molecule has 5 rings (SSSR count). The van der Waals surface area contributed by atoms with Gasteiger partial charge in [0.2, 0.25) is 0 Å². The first-order valence-corrected chi connectivity index (χ1v) is 11.0. The Morgan fingerprint density at radius 3 is 2.61 bits per heavy atom. The molecule has 4 aromatic rings. The third kappa shape index (κ3) is 4.03. The second-order valence-electron chi connectivity index (χ2n) is 7.66. The van der Waals surface area contributed by atoms with Crippen LogP contribution in [0.1, 0.15) is 11.5 Å². The van der Waals surface area contributed by atoms with Crippen molar-refractivity contribution >= 4 is 32.8 Å². The zero-order valence-corrected chi connectivity index (χ0v) is 19.0. The summed E-state index contributed by atoms with van der Waals surface area (Å²) in [6, 6.07) is 9.86. The van der Waals surface area contributed by atoms with E-state index in [0.29, 0.717) is 5.65 Å². The number of aryl methyl sites for hydroxylation is 1. The fraction of sp³-hybridized carbons (Fsp3) is 0.318. The SMILES string of the molecule is COc1ccc(-c2nc3ncc(Br)c(N4CCN(Cc5cc(C)on5)CC4)c3[nH]2)cc1. The molecule has 0 aliphatic carbocycles. The molecule has 3 aromatic heterocycles. The summed E-state index contributed by atoms with van der Waals surface area (Å²) in [6.07, 6.45) is 1.83. The summed E-state index contributed by atoms with van der Waals surface area (Å²) in [5, 5.41) is 4.12. The number of anilines is 1. The van der Waals surface area contributed by atoms with Crippen molar-refractivity contribution < 1.29 is 9.26 Å². The lowest BCUT2D eigenvalue weighted by Crippen LogP contribution is -2.46. The van der Waals surface area contributed by atoms with Crippen molar-refractivity contribution in [2.75, 3.05) is 38.2 Å². The third-order valence-corrected chi connectivity index (χ3v) is 6.14. The summed E-state index contributed by atoms with van der Waals surface area (Å²) in [5.74, 6) is 2.47. The number of halogens is 1. The van der Waals surface area contributed by atoms with Crippen molar-refractivity contribution in [3.05, 3.63) is 52.5 Å². The van der Waals surface area contributed by atoms with Crippen molar-refractivity contribution in [3.8, 4) is 17.1 Å². The fourth-order valence-electron chi connectivity index (χ4n) is 3.97. The molecule has 0 bridgehead atoms. The van der Waals surface area contributed by atoms with E-state index >= 15 is 0 Å². The van der Waals surface area contributed by atoms with Crippen molar-refractivity contribution in [2.45, 2.75) is 13.5 Å². The molecule has 1 N–H and O–H groups in total. The van der Waals surface area contributed by atoms with Crippen LogP contribution >= 0.6 is 15.9 Å².